The maximum atomic E-state index is 5.99. The molecule has 0 aromatic heterocycles. The van der Waals surface area contributed by atoms with Crippen molar-refractivity contribution in [3.8, 4) is 0 Å². The lowest BCUT2D eigenvalue weighted by molar-refractivity contribution is 0.0321. The standard InChI is InChI=1S/C13H26N2O/c1-10-8-15(9-11(10)2)13(7-14)12-3-5-16-6-4-12/h10-13H,3-9,14H2,1-2H3. The average molecular weight is 226 g/mol. The van der Waals surface area contributed by atoms with Crippen molar-refractivity contribution in [2.75, 3.05) is 32.8 Å². The van der Waals surface area contributed by atoms with Crippen molar-refractivity contribution in [1.29, 1.82) is 0 Å². The van der Waals surface area contributed by atoms with Crippen LogP contribution in [-0.4, -0.2) is 43.8 Å². The Labute approximate surface area is 99.3 Å². The van der Waals surface area contributed by atoms with Crippen LogP contribution in [0.5, 0.6) is 0 Å². The normalized spacial score (nSPS) is 35.4. The lowest BCUT2D eigenvalue weighted by atomic mass is 9.91. The third-order valence-electron chi connectivity index (χ3n) is 4.54. The molecule has 2 heterocycles. The molecule has 16 heavy (non-hydrogen) atoms. The number of likely N-dealkylation sites (tertiary alicyclic amines) is 1. The quantitative estimate of drug-likeness (QED) is 0.789. The Morgan fingerprint density at radius 3 is 2.25 bits per heavy atom. The van der Waals surface area contributed by atoms with Crippen LogP contribution in [0.4, 0.5) is 0 Å². The van der Waals surface area contributed by atoms with E-state index in [4.69, 9.17) is 10.5 Å². The molecule has 3 nitrogen and oxygen atoms in total. The molecule has 0 radical (unpaired) electrons. The zero-order valence-corrected chi connectivity index (χ0v) is 10.7. The maximum Gasteiger partial charge on any atom is 0.0469 e. The minimum atomic E-state index is 0.594. The second-order valence-corrected chi connectivity index (χ2v) is 5.66. The Kier molecular flexibility index (Phi) is 4.22. The van der Waals surface area contributed by atoms with Crippen LogP contribution in [0.15, 0.2) is 0 Å². The molecule has 0 aliphatic carbocycles. The van der Waals surface area contributed by atoms with Gasteiger partial charge >= 0.3 is 0 Å². The molecular weight excluding hydrogens is 200 g/mol. The second kappa shape index (κ2) is 5.48. The van der Waals surface area contributed by atoms with E-state index in [1.54, 1.807) is 0 Å². The predicted molar refractivity (Wildman–Crippen MR) is 66.3 cm³/mol. The molecule has 0 bridgehead atoms. The molecule has 2 saturated heterocycles. The highest BCUT2D eigenvalue weighted by Gasteiger charge is 2.34. The average Bonchev–Trinajstić information content (AvgIpc) is 2.61. The lowest BCUT2D eigenvalue weighted by Crippen LogP contribution is -2.46. The predicted octanol–water partition coefficient (Wildman–Crippen LogP) is 1.33. The van der Waals surface area contributed by atoms with E-state index in [1.807, 2.05) is 0 Å². The summed E-state index contributed by atoms with van der Waals surface area (Å²) in [6, 6.07) is 0.594. The SMILES string of the molecule is CC1CN(C(CN)C2CCOCC2)CC1C. The topological polar surface area (TPSA) is 38.5 Å². The number of ether oxygens (including phenoxy) is 1. The van der Waals surface area contributed by atoms with Gasteiger partial charge in [0.1, 0.15) is 0 Å². The van der Waals surface area contributed by atoms with Crippen LogP contribution >= 0.6 is 0 Å². The highest BCUT2D eigenvalue weighted by molar-refractivity contribution is 4.88. The van der Waals surface area contributed by atoms with Crippen molar-refractivity contribution in [3.63, 3.8) is 0 Å². The summed E-state index contributed by atoms with van der Waals surface area (Å²) in [6.45, 7) is 9.87. The highest BCUT2D eigenvalue weighted by atomic mass is 16.5. The van der Waals surface area contributed by atoms with Crippen LogP contribution in [-0.2, 0) is 4.74 Å². The van der Waals surface area contributed by atoms with Gasteiger partial charge in [-0.2, -0.15) is 0 Å². The Morgan fingerprint density at radius 1 is 1.19 bits per heavy atom. The molecule has 2 aliphatic heterocycles. The maximum absolute atomic E-state index is 5.99. The molecule has 3 atom stereocenters. The first-order valence-electron chi connectivity index (χ1n) is 6.74. The zero-order chi connectivity index (χ0) is 11.5. The molecule has 0 amide bonds. The third-order valence-corrected chi connectivity index (χ3v) is 4.54. The summed E-state index contributed by atoms with van der Waals surface area (Å²) in [7, 11) is 0. The molecule has 0 saturated carbocycles. The smallest absolute Gasteiger partial charge is 0.0469 e. The summed E-state index contributed by atoms with van der Waals surface area (Å²) in [5, 5.41) is 0. The fourth-order valence-electron chi connectivity index (χ4n) is 3.19. The van der Waals surface area contributed by atoms with Crippen LogP contribution < -0.4 is 5.73 Å². The number of nitrogens with zero attached hydrogens (tertiary/aromatic N) is 1. The third kappa shape index (κ3) is 2.58. The number of hydrogen-bond acceptors (Lipinski definition) is 3. The highest BCUT2D eigenvalue weighted by Crippen LogP contribution is 2.29. The van der Waals surface area contributed by atoms with E-state index >= 15 is 0 Å². The number of rotatable bonds is 3. The Balaban J connectivity index is 1.93. The minimum Gasteiger partial charge on any atom is -0.381 e. The molecule has 2 fully saturated rings. The number of nitrogens with two attached hydrogens (primary N) is 1. The van der Waals surface area contributed by atoms with Crippen LogP contribution in [0.2, 0.25) is 0 Å². The van der Waals surface area contributed by atoms with E-state index in [9.17, 15) is 0 Å². The first-order chi connectivity index (χ1) is 7.72. The van der Waals surface area contributed by atoms with Gasteiger partial charge < -0.3 is 10.5 Å². The molecule has 3 unspecified atom stereocenters. The Morgan fingerprint density at radius 2 is 1.75 bits per heavy atom. The van der Waals surface area contributed by atoms with Gasteiger partial charge in [0.25, 0.3) is 0 Å². The van der Waals surface area contributed by atoms with E-state index in [0.717, 1.165) is 37.5 Å². The van der Waals surface area contributed by atoms with Gasteiger partial charge in [-0.1, -0.05) is 13.8 Å². The second-order valence-electron chi connectivity index (χ2n) is 5.66. The molecule has 2 N–H and O–H groups in total. The first kappa shape index (κ1) is 12.3. The van der Waals surface area contributed by atoms with Crippen molar-refractivity contribution in [2.45, 2.75) is 32.7 Å². The molecule has 0 aromatic carbocycles. The summed E-state index contributed by atoms with van der Waals surface area (Å²) in [5.41, 5.74) is 5.99. The van der Waals surface area contributed by atoms with Gasteiger partial charge in [0.15, 0.2) is 0 Å². The van der Waals surface area contributed by atoms with E-state index in [-0.39, 0.29) is 0 Å². The molecule has 0 spiro atoms. The van der Waals surface area contributed by atoms with Gasteiger partial charge in [0.05, 0.1) is 0 Å². The lowest BCUT2D eigenvalue weighted by Gasteiger charge is -2.36. The zero-order valence-electron chi connectivity index (χ0n) is 10.7. The fourth-order valence-corrected chi connectivity index (χ4v) is 3.19. The number of hydrogen-bond donors (Lipinski definition) is 1. The van der Waals surface area contributed by atoms with Crippen LogP contribution in [0, 0.1) is 17.8 Å². The van der Waals surface area contributed by atoms with Crippen molar-refractivity contribution in [1.82, 2.24) is 4.90 Å². The first-order valence-corrected chi connectivity index (χ1v) is 6.74. The summed E-state index contributed by atoms with van der Waals surface area (Å²) in [5.74, 6) is 2.42. The molecular formula is C13H26N2O. The van der Waals surface area contributed by atoms with Crippen LogP contribution in [0.25, 0.3) is 0 Å². The Bertz CT molecular complexity index is 206. The van der Waals surface area contributed by atoms with Gasteiger partial charge in [-0.15, -0.1) is 0 Å². The van der Waals surface area contributed by atoms with Crippen LogP contribution in [0.3, 0.4) is 0 Å². The Hall–Kier alpha value is -0.120. The van der Waals surface area contributed by atoms with E-state index in [2.05, 4.69) is 18.7 Å². The van der Waals surface area contributed by atoms with Gasteiger partial charge in [-0.05, 0) is 30.6 Å². The molecule has 2 aliphatic rings. The van der Waals surface area contributed by atoms with Gasteiger partial charge in [0.2, 0.25) is 0 Å². The fraction of sp³-hybridized carbons (Fsp3) is 1.00. The minimum absolute atomic E-state index is 0.594. The van der Waals surface area contributed by atoms with Crippen molar-refractivity contribution in [3.05, 3.63) is 0 Å². The van der Waals surface area contributed by atoms with Crippen molar-refractivity contribution < 1.29 is 4.74 Å². The molecule has 94 valence electrons. The molecule has 2 rings (SSSR count). The largest absolute Gasteiger partial charge is 0.381 e. The van der Waals surface area contributed by atoms with Crippen molar-refractivity contribution in [2.24, 2.45) is 23.5 Å². The van der Waals surface area contributed by atoms with Gasteiger partial charge in [-0.3, -0.25) is 4.90 Å². The summed E-state index contributed by atoms with van der Waals surface area (Å²) in [6.07, 6.45) is 2.39. The van der Waals surface area contributed by atoms with Gasteiger partial charge in [-0.25, -0.2) is 0 Å². The monoisotopic (exact) mass is 226 g/mol. The van der Waals surface area contributed by atoms with E-state index in [0.29, 0.717) is 6.04 Å². The molecule has 3 heteroatoms. The summed E-state index contributed by atoms with van der Waals surface area (Å²) in [4.78, 5) is 2.63. The van der Waals surface area contributed by atoms with Crippen molar-refractivity contribution >= 4 is 0 Å². The van der Waals surface area contributed by atoms with E-state index in [1.165, 1.54) is 25.9 Å². The summed E-state index contributed by atoms with van der Waals surface area (Å²) < 4.78 is 5.44. The van der Waals surface area contributed by atoms with Crippen LogP contribution in [0.1, 0.15) is 26.7 Å². The van der Waals surface area contributed by atoms with E-state index < -0.39 is 0 Å². The summed E-state index contributed by atoms with van der Waals surface area (Å²) >= 11 is 0. The molecule has 0 aromatic rings. The van der Waals surface area contributed by atoms with Gasteiger partial charge in [0, 0.05) is 38.9 Å².